The minimum Gasteiger partial charge on any atom is -0.388 e. The smallest absolute Gasteiger partial charge is 0.0809 e. The Labute approximate surface area is 152 Å². The number of aliphatic hydroxyl groups is 2. The summed E-state index contributed by atoms with van der Waals surface area (Å²) in [5.41, 5.74) is 4.59. The molecule has 4 aliphatic rings. The van der Waals surface area contributed by atoms with Crippen molar-refractivity contribution in [2.75, 3.05) is 0 Å². The van der Waals surface area contributed by atoms with Crippen molar-refractivity contribution in [3.8, 4) is 0 Å². The molecule has 0 aromatic rings. The molecule has 0 radical (unpaired) electrons. The van der Waals surface area contributed by atoms with Gasteiger partial charge in [0.1, 0.15) is 0 Å². The number of aliphatic hydroxyl groups excluding tert-OH is 2. The second kappa shape index (κ2) is 6.09. The maximum atomic E-state index is 10.1. The Kier molecular flexibility index (Phi) is 4.28. The van der Waals surface area contributed by atoms with Crippen LogP contribution in [0.1, 0.15) is 71.6 Å². The van der Waals surface area contributed by atoms with E-state index >= 15 is 0 Å². The zero-order valence-electron chi connectivity index (χ0n) is 15.9. The van der Waals surface area contributed by atoms with Crippen LogP contribution < -0.4 is 0 Å². The molecule has 4 saturated carbocycles. The molecular weight excluding hydrogens is 308 g/mol. The van der Waals surface area contributed by atoms with E-state index in [1.165, 1.54) is 50.5 Å². The van der Waals surface area contributed by atoms with E-state index in [0.29, 0.717) is 29.2 Å². The van der Waals surface area contributed by atoms with Crippen molar-refractivity contribution in [3.05, 3.63) is 35.5 Å². The Morgan fingerprint density at radius 1 is 1.16 bits per heavy atom. The van der Waals surface area contributed by atoms with Gasteiger partial charge in [-0.15, -0.1) is 0 Å². The summed E-state index contributed by atoms with van der Waals surface area (Å²) in [5.74, 6) is 1.73. The van der Waals surface area contributed by atoms with Gasteiger partial charge < -0.3 is 10.2 Å². The molecule has 2 unspecified atom stereocenters. The first-order valence-electron chi connectivity index (χ1n) is 10.3. The van der Waals surface area contributed by atoms with Gasteiger partial charge >= 0.3 is 0 Å². The summed E-state index contributed by atoms with van der Waals surface area (Å²) in [6.07, 6.45) is 14.2. The lowest BCUT2D eigenvalue weighted by Crippen LogP contribution is -2.55. The highest BCUT2D eigenvalue weighted by atomic mass is 16.3. The fourth-order valence-electron chi connectivity index (χ4n) is 6.97. The summed E-state index contributed by atoms with van der Waals surface area (Å²) in [6.45, 7) is 8.70. The van der Waals surface area contributed by atoms with Crippen molar-refractivity contribution in [3.63, 3.8) is 0 Å². The molecular formula is C23H34O2. The zero-order chi connectivity index (χ0) is 17.8. The largest absolute Gasteiger partial charge is 0.388 e. The Morgan fingerprint density at radius 2 is 1.88 bits per heavy atom. The molecule has 2 nitrogen and oxygen atoms in total. The van der Waals surface area contributed by atoms with Crippen LogP contribution in [0.25, 0.3) is 0 Å². The number of hydrogen-bond donors (Lipinski definition) is 2. The summed E-state index contributed by atoms with van der Waals surface area (Å²) in [6, 6.07) is 0. The predicted octanol–water partition coefficient (Wildman–Crippen LogP) is 4.93. The standard InChI is InChI=1S/C23H34O2/c1-4-22(3)14-23-11-5-6-17(18(23)9-10-21(22)23)8-7-16-12-19(24)15(2)20(25)13-16/h7-8,18-21,24-25H,2,4-6,9-14H2,1,3H3/b17-8+/t18?,19-,20-,21?,22+,23-/m1/s1. The summed E-state index contributed by atoms with van der Waals surface area (Å²) in [5, 5.41) is 20.1. The SMILES string of the molecule is C=C1[C@H](O)CC(=C/C=C2\CCC[C@]34C[C@](C)(CC)C3CCC24)C[C@H]1O. The topological polar surface area (TPSA) is 40.5 Å². The normalized spacial score (nSPS) is 48.1. The molecule has 0 bridgehead atoms. The van der Waals surface area contributed by atoms with Crippen LogP contribution in [-0.2, 0) is 0 Å². The van der Waals surface area contributed by atoms with Crippen LogP contribution >= 0.6 is 0 Å². The first-order valence-corrected chi connectivity index (χ1v) is 10.3. The van der Waals surface area contributed by atoms with Gasteiger partial charge in [-0.05, 0) is 79.6 Å². The van der Waals surface area contributed by atoms with E-state index in [0.717, 1.165) is 11.8 Å². The second-order valence-corrected chi connectivity index (χ2v) is 9.53. The lowest BCUT2D eigenvalue weighted by Gasteiger charge is -2.63. The Bertz CT molecular complexity index is 614. The maximum Gasteiger partial charge on any atom is 0.0809 e. The summed E-state index contributed by atoms with van der Waals surface area (Å²) in [7, 11) is 0. The van der Waals surface area contributed by atoms with Crippen molar-refractivity contribution in [2.24, 2.45) is 22.7 Å². The summed E-state index contributed by atoms with van der Waals surface area (Å²) >= 11 is 0. The average molecular weight is 343 g/mol. The van der Waals surface area contributed by atoms with E-state index in [-0.39, 0.29) is 0 Å². The maximum absolute atomic E-state index is 10.1. The van der Waals surface area contributed by atoms with Crippen molar-refractivity contribution >= 4 is 0 Å². The Morgan fingerprint density at radius 3 is 2.56 bits per heavy atom. The van der Waals surface area contributed by atoms with Gasteiger partial charge in [0, 0.05) is 0 Å². The van der Waals surface area contributed by atoms with E-state index in [9.17, 15) is 10.2 Å². The lowest BCUT2D eigenvalue weighted by atomic mass is 9.41. The molecule has 2 N–H and O–H groups in total. The highest BCUT2D eigenvalue weighted by Gasteiger charge is 2.66. The molecule has 0 saturated heterocycles. The van der Waals surface area contributed by atoms with Crippen LogP contribution in [-0.4, -0.2) is 22.4 Å². The van der Waals surface area contributed by atoms with Gasteiger partial charge in [0.15, 0.2) is 0 Å². The van der Waals surface area contributed by atoms with Crippen LogP contribution in [0.2, 0.25) is 0 Å². The molecule has 6 atom stereocenters. The van der Waals surface area contributed by atoms with E-state index in [1.54, 1.807) is 5.57 Å². The van der Waals surface area contributed by atoms with E-state index in [1.807, 2.05) is 0 Å². The molecule has 4 fully saturated rings. The first kappa shape index (κ1) is 17.5. The van der Waals surface area contributed by atoms with Gasteiger partial charge in [0.05, 0.1) is 12.2 Å². The van der Waals surface area contributed by atoms with E-state index in [2.05, 4.69) is 32.6 Å². The fraction of sp³-hybridized carbons (Fsp3) is 0.739. The van der Waals surface area contributed by atoms with Gasteiger partial charge in [-0.2, -0.15) is 0 Å². The highest BCUT2D eigenvalue weighted by molar-refractivity contribution is 5.31. The monoisotopic (exact) mass is 342 g/mol. The third-order valence-electron chi connectivity index (χ3n) is 8.37. The van der Waals surface area contributed by atoms with Crippen LogP contribution in [0.15, 0.2) is 35.5 Å². The predicted molar refractivity (Wildman–Crippen MR) is 102 cm³/mol. The van der Waals surface area contributed by atoms with Crippen LogP contribution in [0, 0.1) is 22.7 Å². The van der Waals surface area contributed by atoms with Crippen LogP contribution in [0.4, 0.5) is 0 Å². The zero-order valence-corrected chi connectivity index (χ0v) is 15.9. The molecule has 2 heteroatoms. The first-order chi connectivity index (χ1) is 11.9. The molecule has 0 aliphatic heterocycles. The van der Waals surface area contributed by atoms with Crippen LogP contribution in [0.5, 0.6) is 0 Å². The molecule has 0 aromatic heterocycles. The molecule has 4 rings (SSSR count). The molecule has 25 heavy (non-hydrogen) atoms. The van der Waals surface area contributed by atoms with Crippen molar-refractivity contribution in [2.45, 2.75) is 83.8 Å². The number of rotatable bonds is 2. The van der Waals surface area contributed by atoms with Crippen molar-refractivity contribution in [1.29, 1.82) is 0 Å². The van der Waals surface area contributed by atoms with Gasteiger partial charge in [-0.25, -0.2) is 0 Å². The Balaban J connectivity index is 1.53. The number of hydrogen-bond acceptors (Lipinski definition) is 2. The van der Waals surface area contributed by atoms with Gasteiger partial charge in [0.25, 0.3) is 0 Å². The molecule has 1 spiro atoms. The lowest BCUT2D eigenvalue weighted by molar-refractivity contribution is -0.126. The van der Waals surface area contributed by atoms with Gasteiger partial charge in [0.2, 0.25) is 0 Å². The molecule has 0 aromatic carbocycles. The average Bonchev–Trinajstić information content (AvgIpc) is 2.91. The minimum atomic E-state index is -0.584. The van der Waals surface area contributed by atoms with Crippen molar-refractivity contribution < 1.29 is 10.2 Å². The fourth-order valence-corrected chi connectivity index (χ4v) is 6.97. The van der Waals surface area contributed by atoms with E-state index < -0.39 is 12.2 Å². The summed E-state index contributed by atoms with van der Waals surface area (Å²) in [4.78, 5) is 0. The number of allylic oxidation sites excluding steroid dienone is 3. The van der Waals surface area contributed by atoms with Crippen LogP contribution in [0.3, 0.4) is 0 Å². The molecule has 0 heterocycles. The van der Waals surface area contributed by atoms with Gasteiger partial charge in [-0.3, -0.25) is 0 Å². The summed E-state index contributed by atoms with van der Waals surface area (Å²) < 4.78 is 0. The molecule has 4 aliphatic carbocycles. The third-order valence-corrected chi connectivity index (χ3v) is 8.37. The van der Waals surface area contributed by atoms with E-state index in [4.69, 9.17) is 0 Å². The quantitative estimate of drug-likeness (QED) is 0.699. The second-order valence-electron chi connectivity index (χ2n) is 9.53. The van der Waals surface area contributed by atoms with Crippen molar-refractivity contribution in [1.82, 2.24) is 0 Å². The molecule has 0 amide bonds. The third kappa shape index (κ3) is 2.59. The molecule has 138 valence electrons. The minimum absolute atomic E-state index is 0.577. The van der Waals surface area contributed by atoms with Gasteiger partial charge in [-0.1, -0.05) is 50.1 Å². The highest BCUT2D eigenvalue weighted by Crippen LogP contribution is 2.74. The Hall–Kier alpha value is -0.860.